The van der Waals surface area contributed by atoms with Crippen LogP contribution >= 0.6 is 11.8 Å². The van der Waals surface area contributed by atoms with Gasteiger partial charge in [-0.2, -0.15) is 9.97 Å². The minimum atomic E-state index is -0.700. The predicted molar refractivity (Wildman–Crippen MR) is 101 cm³/mol. The molecule has 1 fully saturated rings. The van der Waals surface area contributed by atoms with Crippen LogP contribution in [0.4, 0.5) is 11.8 Å². The first-order chi connectivity index (χ1) is 13.3. The summed E-state index contributed by atoms with van der Waals surface area (Å²) in [4.78, 5) is 33.5. The second-order valence-corrected chi connectivity index (χ2v) is 7.26. The fourth-order valence-corrected chi connectivity index (χ4v) is 4.00. The lowest BCUT2D eigenvalue weighted by Crippen LogP contribution is -2.41. The van der Waals surface area contributed by atoms with E-state index in [0.29, 0.717) is 34.7 Å². The summed E-state index contributed by atoms with van der Waals surface area (Å²) in [6, 6.07) is 0. The summed E-state index contributed by atoms with van der Waals surface area (Å²) in [5.41, 5.74) is 5.84. The van der Waals surface area contributed by atoms with Crippen LogP contribution in [0.5, 0.6) is 5.88 Å². The second kappa shape index (κ2) is 8.23. The van der Waals surface area contributed by atoms with E-state index in [1.807, 2.05) is 6.92 Å². The molecule has 1 aromatic rings. The normalized spacial score (nSPS) is 23.5. The van der Waals surface area contributed by atoms with Gasteiger partial charge in [-0.05, 0) is 6.92 Å². The number of thioether (sulfide) groups is 1. The highest BCUT2D eigenvalue weighted by atomic mass is 32.2. The molecule has 0 saturated carbocycles. The third-order valence-electron chi connectivity index (χ3n) is 4.02. The Morgan fingerprint density at radius 2 is 2.11 bits per heavy atom. The van der Waals surface area contributed by atoms with Crippen LogP contribution in [0.1, 0.15) is 27.2 Å². The number of nitrogens with zero attached hydrogens (tertiary/aromatic N) is 3. The average Bonchev–Trinajstić information content (AvgIpc) is 3.12. The summed E-state index contributed by atoms with van der Waals surface area (Å²) >= 11 is 1.32. The summed E-state index contributed by atoms with van der Waals surface area (Å²) in [5, 5.41) is 0.603. The van der Waals surface area contributed by atoms with E-state index in [-0.39, 0.29) is 12.6 Å². The summed E-state index contributed by atoms with van der Waals surface area (Å²) in [6.07, 6.45) is -1.38. The number of nitrogens with two attached hydrogens (primary N) is 1. The van der Waals surface area contributed by atoms with E-state index in [4.69, 9.17) is 24.7 Å². The van der Waals surface area contributed by atoms with Crippen LogP contribution in [0.2, 0.25) is 0 Å². The van der Waals surface area contributed by atoms with Gasteiger partial charge in [-0.25, -0.2) is 0 Å². The Labute approximate surface area is 166 Å². The number of carbonyl (C=O) groups is 2. The molecule has 1 saturated heterocycles. The molecule has 0 radical (unpaired) electrons. The van der Waals surface area contributed by atoms with Gasteiger partial charge < -0.3 is 24.7 Å². The van der Waals surface area contributed by atoms with Crippen molar-refractivity contribution >= 4 is 35.5 Å². The smallest absolute Gasteiger partial charge is 0.303 e. The molecule has 0 spiro atoms. The summed E-state index contributed by atoms with van der Waals surface area (Å²) in [5.74, 6) is 0.0189. The minimum absolute atomic E-state index is 0.0426. The van der Waals surface area contributed by atoms with Gasteiger partial charge in [-0.15, -0.1) is 0 Å². The van der Waals surface area contributed by atoms with Crippen LogP contribution in [-0.2, 0) is 23.8 Å². The zero-order chi connectivity index (χ0) is 20.4. The quantitative estimate of drug-likeness (QED) is 0.685. The molecule has 0 unspecified atom stereocenters. The topological polar surface area (TPSA) is 126 Å². The number of carbonyl (C=O) groups excluding carboxylic acids is 2. The number of ether oxygens (including phenoxy) is 4. The van der Waals surface area contributed by atoms with E-state index in [1.54, 1.807) is 4.90 Å². The largest absolute Gasteiger partial charge is 0.477 e. The molecule has 152 valence electrons. The number of hydrogen-bond acceptors (Lipinski definition) is 11. The van der Waals surface area contributed by atoms with Gasteiger partial charge in [0, 0.05) is 20.3 Å². The molecule has 3 rings (SSSR count). The standard InChI is InChI=1S/C17H22N4O6S/c1-5-24-15-13-14(19-17(18)20-15)21(8(2)28-13)16-12(26-10(4)23)6-11(27-16)7-25-9(3)22/h11-12,16H,2,5-7H2,1,3-4H3,(H2,18,19,20)/t11-,12+,16+/m0/s1. The van der Waals surface area contributed by atoms with Crippen molar-refractivity contribution in [2.24, 2.45) is 0 Å². The first-order valence-corrected chi connectivity index (χ1v) is 9.54. The summed E-state index contributed by atoms with van der Waals surface area (Å²) in [7, 11) is 0. The Bertz CT molecular complexity index is 804. The van der Waals surface area contributed by atoms with Crippen molar-refractivity contribution in [3.63, 3.8) is 0 Å². The predicted octanol–water partition coefficient (Wildman–Crippen LogP) is 1.45. The molecule has 1 aromatic heterocycles. The van der Waals surface area contributed by atoms with Crippen molar-refractivity contribution in [3.8, 4) is 5.88 Å². The Morgan fingerprint density at radius 1 is 1.36 bits per heavy atom. The molecule has 2 N–H and O–H groups in total. The minimum Gasteiger partial charge on any atom is -0.477 e. The number of rotatable bonds is 6. The Balaban J connectivity index is 1.91. The second-order valence-electron chi connectivity index (χ2n) is 6.17. The molecule has 11 heteroatoms. The lowest BCUT2D eigenvalue weighted by atomic mass is 10.2. The maximum Gasteiger partial charge on any atom is 0.303 e. The Kier molecular flexibility index (Phi) is 5.94. The molecule has 3 atom stereocenters. The number of esters is 2. The zero-order valence-electron chi connectivity index (χ0n) is 15.8. The van der Waals surface area contributed by atoms with Crippen LogP contribution in [0.3, 0.4) is 0 Å². The van der Waals surface area contributed by atoms with Gasteiger partial charge in [0.15, 0.2) is 12.0 Å². The van der Waals surface area contributed by atoms with Crippen molar-refractivity contribution < 1.29 is 28.5 Å². The average molecular weight is 410 g/mol. The molecule has 10 nitrogen and oxygen atoms in total. The highest BCUT2D eigenvalue weighted by molar-refractivity contribution is 8.03. The fraction of sp³-hybridized carbons (Fsp3) is 0.529. The number of aromatic nitrogens is 2. The highest BCUT2D eigenvalue weighted by Gasteiger charge is 2.46. The molecular formula is C17H22N4O6S. The van der Waals surface area contributed by atoms with Crippen molar-refractivity contribution in [1.82, 2.24) is 9.97 Å². The highest BCUT2D eigenvalue weighted by Crippen LogP contribution is 2.51. The van der Waals surface area contributed by atoms with Crippen molar-refractivity contribution in [2.45, 2.75) is 50.5 Å². The number of nitrogen functional groups attached to an aromatic ring is 1. The van der Waals surface area contributed by atoms with E-state index in [9.17, 15) is 9.59 Å². The third-order valence-corrected chi connectivity index (χ3v) is 5.01. The van der Waals surface area contributed by atoms with Crippen LogP contribution in [0, 0.1) is 0 Å². The molecular weight excluding hydrogens is 388 g/mol. The monoisotopic (exact) mass is 410 g/mol. The zero-order valence-corrected chi connectivity index (χ0v) is 16.7. The first kappa shape index (κ1) is 20.2. The summed E-state index contributed by atoms with van der Waals surface area (Å²) < 4.78 is 22.1. The third kappa shape index (κ3) is 4.14. The van der Waals surface area contributed by atoms with E-state index >= 15 is 0 Å². The van der Waals surface area contributed by atoms with Gasteiger partial charge in [-0.3, -0.25) is 14.5 Å². The maximum atomic E-state index is 11.6. The molecule has 0 bridgehead atoms. The van der Waals surface area contributed by atoms with Gasteiger partial charge >= 0.3 is 11.9 Å². The molecule has 2 aliphatic rings. The summed E-state index contributed by atoms with van der Waals surface area (Å²) in [6.45, 7) is 9.01. The van der Waals surface area contributed by atoms with Crippen LogP contribution in [0.25, 0.3) is 0 Å². The SMILES string of the molecule is C=C1Sc2c(OCC)nc(N)nc2N1[C@@H]1O[C@H](COC(C)=O)C[C@H]1OC(C)=O. The van der Waals surface area contributed by atoms with Gasteiger partial charge in [0.05, 0.1) is 17.7 Å². The Hall–Kier alpha value is -2.53. The van der Waals surface area contributed by atoms with Crippen molar-refractivity contribution in [2.75, 3.05) is 23.8 Å². The van der Waals surface area contributed by atoms with E-state index < -0.39 is 30.4 Å². The van der Waals surface area contributed by atoms with Gasteiger partial charge in [0.2, 0.25) is 11.8 Å². The Morgan fingerprint density at radius 3 is 2.75 bits per heavy atom. The molecule has 0 amide bonds. The van der Waals surface area contributed by atoms with Crippen LogP contribution < -0.4 is 15.4 Å². The lowest BCUT2D eigenvalue weighted by Gasteiger charge is -2.29. The fourth-order valence-electron chi connectivity index (χ4n) is 3.05. The van der Waals surface area contributed by atoms with Gasteiger partial charge in [-0.1, -0.05) is 18.3 Å². The van der Waals surface area contributed by atoms with E-state index in [0.717, 1.165) is 0 Å². The number of anilines is 2. The number of fused-ring (bicyclic) bond motifs is 1. The number of hydrogen-bond donors (Lipinski definition) is 1. The van der Waals surface area contributed by atoms with E-state index in [1.165, 1.54) is 25.6 Å². The molecule has 0 aliphatic carbocycles. The van der Waals surface area contributed by atoms with E-state index in [2.05, 4.69) is 16.5 Å². The molecule has 3 heterocycles. The van der Waals surface area contributed by atoms with Gasteiger partial charge in [0.1, 0.15) is 17.6 Å². The van der Waals surface area contributed by atoms with Crippen molar-refractivity contribution in [1.29, 1.82) is 0 Å². The molecule has 0 aromatic carbocycles. The first-order valence-electron chi connectivity index (χ1n) is 8.72. The van der Waals surface area contributed by atoms with Gasteiger partial charge in [0.25, 0.3) is 0 Å². The van der Waals surface area contributed by atoms with Crippen LogP contribution in [0.15, 0.2) is 16.5 Å². The lowest BCUT2D eigenvalue weighted by molar-refractivity contribution is -0.149. The van der Waals surface area contributed by atoms with Crippen LogP contribution in [-0.4, -0.2) is 53.6 Å². The maximum absolute atomic E-state index is 11.6. The molecule has 28 heavy (non-hydrogen) atoms. The van der Waals surface area contributed by atoms with Crippen molar-refractivity contribution in [3.05, 3.63) is 11.6 Å². The molecule has 2 aliphatic heterocycles.